The van der Waals surface area contributed by atoms with Crippen molar-refractivity contribution in [3.63, 3.8) is 0 Å². The van der Waals surface area contributed by atoms with Gasteiger partial charge in [0.25, 0.3) is 0 Å². The van der Waals surface area contributed by atoms with Crippen LogP contribution in [0.2, 0.25) is 0 Å². The highest BCUT2D eigenvalue weighted by molar-refractivity contribution is 5.95. The number of hydrogen-bond acceptors (Lipinski definition) is 2. The molecule has 1 fully saturated rings. The number of rotatable bonds is 4. The summed E-state index contributed by atoms with van der Waals surface area (Å²) in [6.07, 6.45) is -2.95. The highest BCUT2D eigenvalue weighted by Gasteiger charge is 2.33. The van der Waals surface area contributed by atoms with Crippen LogP contribution in [-0.2, 0) is 15.8 Å². The molecule has 1 aromatic rings. The van der Waals surface area contributed by atoms with Gasteiger partial charge in [0.05, 0.1) is 17.8 Å². The molecule has 0 aromatic heterocycles. The zero-order chi connectivity index (χ0) is 14.8. The summed E-state index contributed by atoms with van der Waals surface area (Å²) in [5.74, 6) is -0.967. The Morgan fingerprint density at radius 2 is 1.85 bits per heavy atom. The van der Waals surface area contributed by atoms with Crippen LogP contribution in [-0.4, -0.2) is 18.4 Å². The first kappa shape index (κ1) is 14.4. The van der Waals surface area contributed by atoms with Gasteiger partial charge in [0.1, 0.15) is 0 Å². The van der Waals surface area contributed by atoms with Crippen molar-refractivity contribution in [1.82, 2.24) is 5.32 Å². The highest BCUT2D eigenvalue weighted by Crippen LogP contribution is 2.34. The number of carbonyl (C=O) groups is 2. The summed E-state index contributed by atoms with van der Waals surface area (Å²) < 4.78 is 38.1. The average molecular weight is 286 g/mol. The van der Waals surface area contributed by atoms with Crippen LogP contribution >= 0.6 is 0 Å². The Bertz CT molecular complexity index is 525. The molecule has 7 heteroatoms. The van der Waals surface area contributed by atoms with E-state index in [2.05, 4.69) is 10.6 Å². The van der Waals surface area contributed by atoms with E-state index in [1.807, 2.05) is 0 Å². The first-order valence-electron chi connectivity index (χ1n) is 6.11. The second kappa shape index (κ2) is 5.52. The number of para-hydroxylation sites is 1. The molecule has 1 aromatic carbocycles. The Morgan fingerprint density at radius 3 is 2.45 bits per heavy atom. The highest BCUT2D eigenvalue weighted by atomic mass is 19.4. The lowest BCUT2D eigenvalue weighted by Crippen LogP contribution is -2.34. The van der Waals surface area contributed by atoms with E-state index < -0.39 is 17.6 Å². The number of hydrogen-bond donors (Lipinski definition) is 2. The minimum atomic E-state index is -4.54. The van der Waals surface area contributed by atoms with Gasteiger partial charge >= 0.3 is 6.18 Å². The lowest BCUT2D eigenvalue weighted by Gasteiger charge is -2.13. The van der Waals surface area contributed by atoms with E-state index in [1.54, 1.807) is 0 Å². The number of benzene rings is 1. The van der Waals surface area contributed by atoms with Crippen molar-refractivity contribution in [3.05, 3.63) is 29.8 Å². The van der Waals surface area contributed by atoms with E-state index in [9.17, 15) is 22.8 Å². The van der Waals surface area contributed by atoms with Crippen molar-refractivity contribution >= 4 is 17.5 Å². The van der Waals surface area contributed by atoms with Gasteiger partial charge in [-0.3, -0.25) is 9.59 Å². The lowest BCUT2D eigenvalue weighted by molar-refractivity contribution is -0.137. The lowest BCUT2D eigenvalue weighted by atomic mass is 10.1. The predicted molar refractivity (Wildman–Crippen MR) is 65.8 cm³/mol. The largest absolute Gasteiger partial charge is 0.418 e. The van der Waals surface area contributed by atoms with Gasteiger partial charge in [0, 0.05) is 5.92 Å². The van der Waals surface area contributed by atoms with Crippen LogP contribution in [0.1, 0.15) is 18.4 Å². The van der Waals surface area contributed by atoms with E-state index >= 15 is 0 Å². The van der Waals surface area contributed by atoms with E-state index in [0.717, 1.165) is 18.9 Å². The van der Waals surface area contributed by atoms with Crippen molar-refractivity contribution < 1.29 is 22.8 Å². The van der Waals surface area contributed by atoms with Gasteiger partial charge in [0.15, 0.2) is 0 Å². The molecule has 1 aliphatic carbocycles. The van der Waals surface area contributed by atoms with Crippen LogP contribution in [0.3, 0.4) is 0 Å². The van der Waals surface area contributed by atoms with Gasteiger partial charge in [-0.25, -0.2) is 0 Å². The van der Waals surface area contributed by atoms with Crippen LogP contribution in [0.15, 0.2) is 24.3 Å². The van der Waals surface area contributed by atoms with Crippen molar-refractivity contribution in [3.8, 4) is 0 Å². The molecule has 20 heavy (non-hydrogen) atoms. The molecule has 2 N–H and O–H groups in total. The maximum atomic E-state index is 12.7. The fraction of sp³-hybridized carbons (Fsp3) is 0.385. The first-order chi connectivity index (χ1) is 9.38. The van der Waals surface area contributed by atoms with Gasteiger partial charge in [-0.05, 0) is 25.0 Å². The summed E-state index contributed by atoms with van der Waals surface area (Å²) in [7, 11) is 0. The zero-order valence-corrected chi connectivity index (χ0v) is 10.5. The number of halogens is 3. The molecule has 2 rings (SSSR count). The standard InChI is InChI=1S/C13H13F3N2O2/c14-13(15,16)9-3-1-2-4-10(9)18-11(19)7-17-12(20)8-5-6-8/h1-4,8H,5-7H2,(H,17,20)(H,18,19). The molecule has 2 amide bonds. The fourth-order valence-electron chi connectivity index (χ4n) is 1.69. The summed E-state index contributed by atoms with van der Waals surface area (Å²) in [6, 6.07) is 4.70. The summed E-state index contributed by atoms with van der Waals surface area (Å²) in [4.78, 5) is 22.9. The summed E-state index contributed by atoms with van der Waals surface area (Å²) in [5, 5.41) is 4.55. The van der Waals surface area contributed by atoms with Crippen LogP contribution in [0.5, 0.6) is 0 Å². The smallest absolute Gasteiger partial charge is 0.347 e. The SMILES string of the molecule is O=C(CNC(=O)C1CC1)Nc1ccccc1C(F)(F)F. The third kappa shape index (κ3) is 3.72. The maximum absolute atomic E-state index is 12.7. The molecule has 0 saturated heterocycles. The van der Waals surface area contributed by atoms with Crippen LogP contribution in [0, 0.1) is 5.92 Å². The number of nitrogens with one attached hydrogen (secondary N) is 2. The molecule has 0 aliphatic heterocycles. The van der Waals surface area contributed by atoms with E-state index in [0.29, 0.717) is 0 Å². The van der Waals surface area contributed by atoms with Gasteiger partial charge in [-0.2, -0.15) is 13.2 Å². The number of alkyl halides is 3. The Labute approximate surface area is 113 Å². The zero-order valence-electron chi connectivity index (χ0n) is 10.5. The first-order valence-corrected chi connectivity index (χ1v) is 6.11. The Morgan fingerprint density at radius 1 is 1.20 bits per heavy atom. The molecule has 0 atom stereocenters. The molecule has 0 heterocycles. The fourth-order valence-corrected chi connectivity index (χ4v) is 1.69. The van der Waals surface area contributed by atoms with Gasteiger partial charge < -0.3 is 10.6 Å². The van der Waals surface area contributed by atoms with Crippen LogP contribution < -0.4 is 10.6 Å². The van der Waals surface area contributed by atoms with Gasteiger partial charge in [0.2, 0.25) is 11.8 Å². The van der Waals surface area contributed by atoms with Crippen LogP contribution in [0.4, 0.5) is 18.9 Å². The van der Waals surface area contributed by atoms with Crippen LogP contribution in [0.25, 0.3) is 0 Å². The quantitative estimate of drug-likeness (QED) is 0.891. The van der Waals surface area contributed by atoms with E-state index in [4.69, 9.17) is 0 Å². The maximum Gasteiger partial charge on any atom is 0.418 e. The van der Waals surface area contributed by atoms with Crippen molar-refractivity contribution in [2.24, 2.45) is 5.92 Å². The minimum Gasteiger partial charge on any atom is -0.347 e. The van der Waals surface area contributed by atoms with Crippen molar-refractivity contribution in [1.29, 1.82) is 0 Å². The second-order valence-corrected chi connectivity index (χ2v) is 4.58. The normalized spacial score (nSPS) is 14.8. The molecule has 108 valence electrons. The third-order valence-electron chi connectivity index (χ3n) is 2.88. The number of anilines is 1. The summed E-state index contributed by atoms with van der Waals surface area (Å²) in [5.41, 5.74) is -1.23. The Balaban J connectivity index is 1.95. The Hall–Kier alpha value is -2.05. The molecular weight excluding hydrogens is 273 g/mol. The molecular formula is C13H13F3N2O2. The molecule has 1 aliphatic rings. The third-order valence-corrected chi connectivity index (χ3v) is 2.88. The minimum absolute atomic E-state index is 0.0507. The molecule has 0 bridgehead atoms. The Kier molecular flexibility index (Phi) is 3.96. The summed E-state index contributed by atoms with van der Waals surface area (Å²) in [6.45, 7) is -0.332. The van der Waals surface area contributed by atoms with E-state index in [1.165, 1.54) is 18.2 Å². The molecule has 4 nitrogen and oxygen atoms in total. The van der Waals surface area contributed by atoms with Crippen molar-refractivity contribution in [2.75, 3.05) is 11.9 Å². The monoisotopic (exact) mass is 286 g/mol. The topological polar surface area (TPSA) is 58.2 Å². The van der Waals surface area contributed by atoms with Gasteiger partial charge in [-0.15, -0.1) is 0 Å². The molecule has 1 saturated carbocycles. The van der Waals surface area contributed by atoms with Gasteiger partial charge in [-0.1, -0.05) is 12.1 Å². The summed E-state index contributed by atoms with van der Waals surface area (Å²) >= 11 is 0. The molecule has 0 radical (unpaired) electrons. The molecule has 0 unspecified atom stereocenters. The van der Waals surface area contributed by atoms with Crippen molar-refractivity contribution in [2.45, 2.75) is 19.0 Å². The average Bonchev–Trinajstić information content (AvgIpc) is 3.19. The second-order valence-electron chi connectivity index (χ2n) is 4.58. The predicted octanol–water partition coefficient (Wildman–Crippen LogP) is 2.17. The number of carbonyl (C=O) groups excluding carboxylic acids is 2. The molecule has 0 spiro atoms. The van der Waals surface area contributed by atoms with E-state index in [-0.39, 0.29) is 24.1 Å². The number of amides is 2.